The number of amides is 1. The number of fused-ring (bicyclic) bond motifs is 1. The molecule has 2 unspecified atom stereocenters. The van der Waals surface area contributed by atoms with Crippen LogP contribution in [0.1, 0.15) is 37.3 Å². The lowest BCUT2D eigenvalue weighted by molar-refractivity contribution is -0.121. The molecule has 4 heteroatoms. The van der Waals surface area contributed by atoms with Crippen LogP contribution in [-0.4, -0.2) is 5.91 Å². The molecule has 0 radical (unpaired) electrons. The van der Waals surface area contributed by atoms with E-state index >= 15 is 0 Å². The Morgan fingerprint density at radius 3 is 2.50 bits per heavy atom. The molecule has 0 fully saturated rings. The van der Waals surface area contributed by atoms with Crippen molar-refractivity contribution in [3.05, 3.63) is 45.5 Å². The van der Waals surface area contributed by atoms with Crippen molar-refractivity contribution in [1.82, 2.24) is 0 Å². The minimum atomic E-state index is -0.907. The van der Waals surface area contributed by atoms with Crippen LogP contribution in [0.25, 0.3) is 0 Å². The molecule has 2 atom stereocenters. The van der Waals surface area contributed by atoms with Gasteiger partial charge in [0.15, 0.2) is 0 Å². The van der Waals surface area contributed by atoms with Crippen molar-refractivity contribution in [2.24, 2.45) is 5.73 Å². The first-order chi connectivity index (χ1) is 8.44. The zero-order chi connectivity index (χ0) is 13.5. The van der Waals surface area contributed by atoms with Crippen LogP contribution < -0.4 is 5.73 Å². The first-order valence-corrected chi connectivity index (χ1v) is 6.65. The molecule has 0 saturated carbocycles. The molecule has 0 saturated heterocycles. The standard InChI is InChI=1S/C14H15Cl2NO/c1-3-8-9-6-4-5-7-10(9)14(2,13(17)18)11(8)12(15)16/h4-8H,3H2,1-2H3,(H2,17,18). The zero-order valence-electron chi connectivity index (χ0n) is 10.3. The molecule has 0 aliphatic heterocycles. The first-order valence-electron chi connectivity index (χ1n) is 5.89. The molecule has 1 aromatic rings. The van der Waals surface area contributed by atoms with Crippen molar-refractivity contribution in [3.8, 4) is 0 Å². The molecule has 0 aromatic heterocycles. The molecule has 1 aliphatic carbocycles. The highest BCUT2D eigenvalue weighted by atomic mass is 35.5. The average Bonchev–Trinajstić information content (AvgIpc) is 2.60. The van der Waals surface area contributed by atoms with Crippen LogP contribution in [0.5, 0.6) is 0 Å². The number of carbonyl (C=O) groups excluding carboxylic acids is 1. The van der Waals surface area contributed by atoms with Gasteiger partial charge in [-0.05, 0) is 30.0 Å². The molecule has 2 rings (SSSR count). The third-order valence-electron chi connectivity index (χ3n) is 3.87. The highest BCUT2D eigenvalue weighted by molar-refractivity contribution is 6.56. The number of benzene rings is 1. The van der Waals surface area contributed by atoms with Crippen LogP contribution >= 0.6 is 23.2 Å². The Bertz CT molecular complexity index is 534. The quantitative estimate of drug-likeness (QED) is 0.885. The van der Waals surface area contributed by atoms with Gasteiger partial charge < -0.3 is 5.73 Å². The number of primary amides is 1. The Balaban J connectivity index is 2.80. The van der Waals surface area contributed by atoms with E-state index < -0.39 is 11.3 Å². The maximum Gasteiger partial charge on any atom is 0.232 e. The summed E-state index contributed by atoms with van der Waals surface area (Å²) in [6, 6.07) is 7.78. The smallest absolute Gasteiger partial charge is 0.232 e. The molecule has 96 valence electrons. The van der Waals surface area contributed by atoms with Crippen LogP contribution in [0, 0.1) is 0 Å². The summed E-state index contributed by atoms with van der Waals surface area (Å²) in [7, 11) is 0. The van der Waals surface area contributed by atoms with Crippen molar-refractivity contribution in [2.75, 3.05) is 0 Å². The second kappa shape index (κ2) is 4.60. The highest BCUT2D eigenvalue weighted by Gasteiger charge is 2.49. The molecular weight excluding hydrogens is 269 g/mol. The van der Waals surface area contributed by atoms with E-state index in [0.29, 0.717) is 0 Å². The Morgan fingerprint density at radius 1 is 1.39 bits per heavy atom. The van der Waals surface area contributed by atoms with E-state index in [-0.39, 0.29) is 10.4 Å². The molecule has 1 amide bonds. The van der Waals surface area contributed by atoms with E-state index in [1.807, 2.05) is 31.2 Å². The van der Waals surface area contributed by atoms with Crippen molar-refractivity contribution in [2.45, 2.75) is 31.6 Å². The van der Waals surface area contributed by atoms with Gasteiger partial charge >= 0.3 is 0 Å². The summed E-state index contributed by atoms with van der Waals surface area (Å²) < 4.78 is 0.152. The molecule has 1 aromatic carbocycles. The summed E-state index contributed by atoms with van der Waals surface area (Å²) in [5.74, 6) is -0.358. The predicted octanol–water partition coefficient (Wildman–Crippen LogP) is 3.63. The van der Waals surface area contributed by atoms with Crippen molar-refractivity contribution < 1.29 is 4.79 Å². The summed E-state index contributed by atoms with van der Waals surface area (Å²) in [5, 5.41) is 0. The molecule has 18 heavy (non-hydrogen) atoms. The summed E-state index contributed by atoms with van der Waals surface area (Å²) >= 11 is 12.0. The van der Waals surface area contributed by atoms with Gasteiger partial charge in [0.05, 0.1) is 5.41 Å². The number of carbonyl (C=O) groups is 1. The number of rotatable bonds is 2. The summed E-state index contributed by atoms with van der Waals surface area (Å²) in [6.07, 6.45) is 0.832. The van der Waals surface area contributed by atoms with E-state index in [0.717, 1.165) is 23.1 Å². The fraction of sp³-hybridized carbons (Fsp3) is 0.357. The molecule has 2 N–H and O–H groups in total. The highest BCUT2D eigenvalue weighted by Crippen LogP contribution is 2.53. The van der Waals surface area contributed by atoms with E-state index in [2.05, 4.69) is 0 Å². The first kappa shape index (κ1) is 13.4. The van der Waals surface area contributed by atoms with E-state index in [1.54, 1.807) is 6.92 Å². The monoisotopic (exact) mass is 283 g/mol. The minimum Gasteiger partial charge on any atom is -0.369 e. The third-order valence-corrected chi connectivity index (χ3v) is 4.27. The topological polar surface area (TPSA) is 43.1 Å². The zero-order valence-corrected chi connectivity index (χ0v) is 11.8. The lowest BCUT2D eigenvalue weighted by Gasteiger charge is -2.25. The van der Waals surface area contributed by atoms with Crippen LogP contribution in [0.4, 0.5) is 0 Å². The van der Waals surface area contributed by atoms with E-state index in [1.165, 1.54) is 0 Å². The summed E-state index contributed by atoms with van der Waals surface area (Å²) in [5.41, 5.74) is 7.43. The van der Waals surface area contributed by atoms with Gasteiger partial charge in [-0.15, -0.1) is 0 Å². The van der Waals surface area contributed by atoms with Gasteiger partial charge in [-0.25, -0.2) is 0 Å². The van der Waals surface area contributed by atoms with Gasteiger partial charge in [-0.3, -0.25) is 4.79 Å². The molecule has 0 bridgehead atoms. The van der Waals surface area contributed by atoms with Crippen LogP contribution in [-0.2, 0) is 10.2 Å². The number of hydrogen-bond donors (Lipinski definition) is 1. The van der Waals surface area contributed by atoms with Crippen LogP contribution in [0.15, 0.2) is 34.3 Å². The number of nitrogens with two attached hydrogens (primary N) is 1. The second-order valence-electron chi connectivity index (χ2n) is 4.71. The largest absolute Gasteiger partial charge is 0.369 e. The average molecular weight is 284 g/mol. The van der Waals surface area contributed by atoms with Crippen LogP contribution in [0.3, 0.4) is 0 Å². The molecule has 1 aliphatic rings. The number of halogens is 2. The lowest BCUT2D eigenvalue weighted by atomic mass is 9.79. The maximum absolute atomic E-state index is 11.9. The molecule has 0 heterocycles. The Hall–Kier alpha value is -0.990. The Labute approximate surface area is 117 Å². The van der Waals surface area contributed by atoms with Gasteiger partial charge in [0, 0.05) is 5.92 Å². The van der Waals surface area contributed by atoms with E-state index in [9.17, 15) is 4.79 Å². The fourth-order valence-corrected chi connectivity index (χ4v) is 3.56. The van der Waals surface area contributed by atoms with Crippen molar-refractivity contribution in [1.29, 1.82) is 0 Å². The molecular formula is C14H15Cl2NO. The van der Waals surface area contributed by atoms with Gasteiger partial charge in [-0.1, -0.05) is 54.4 Å². The van der Waals surface area contributed by atoms with Gasteiger partial charge in [0.1, 0.15) is 4.49 Å². The Kier molecular flexibility index (Phi) is 3.43. The fourth-order valence-electron chi connectivity index (χ4n) is 2.92. The second-order valence-corrected chi connectivity index (χ2v) is 5.66. The molecule has 2 nitrogen and oxygen atoms in total. The van der Waals surface area contributed by atoms with Crippen LogP contribution in [0.2, 0.25) is 0 Å². The maximum atomic E-state index is 11.9. The van der Waals surface area contributed by atoms with Crippen molar-refractivity contribution in [3.63, 3.8) is 0 Å². The van der Waals surface area contributed by atoms with E-state index in [4.69, 9.17) is 28.9 Å². The number of hydrogen-bond acceptors (Lipinski definition) is 1. The van der Waals surface area contributed by atoms with Gasteiger partial charge in [-0.2, -0.15) is 0 Å². The SMILES string of the molecule is CCC1C(=C(Cl)Cl)C(C)(C(N)=O)c2ccccc21. The van der Waals surface area contributed by atoms with Gasteiger partial charge in [0.2, 0.25) is 5.91 Å². The summed E-state index contributed by atoms with van der Waals surface area (Å²) in [6.45, 7) is 3.84. The normalized spacial score (nSPS) is 26.0. The minimum absolute atomic E-state index is 0.0590. The summed E-state index contributed by atoms with van der Waals surface area (Å²) in [4.78, 5) is 11.9. The third kappa shape index (κ3) is 1.67. The Morgan fingerprint density at radius 2 is 2.00 bits per heavy atom. The lowest BCUT2D eigenvalue weighted by Crippen LogP contribution is -2.38. The van der Waals surface area contributed by atoms with Gasteiger partial charge in [0.25, 0.3) is 0 Å². The predicted molar refractivity (Wildman–Crippen MR) is 74.8 cm³/mol. The molecule has 0 spiro atoms. The van der Waals surface area contributed by atoms with Crippen molar-refractivity contribution >= 4 is 29.1 Å².